The zero-order chi connectivity index (χ0) is 22.5. The minimum Gasteiger partial charge on any atom is -0.493 e. The van der Waals surface area contributed by atoms with E-state index in [0.717, 1.165) is 46.0 Å². The first-order valence-corrected chi connectivity index (χ1v) is 11.3. The molecule has 0 radical (unpaired) electrons. The number of morpholine rings is 1. The van der Waals surface area contributed by atoms with Crippen molar-refractivity contribution in [2.75, 3.05) is 45.3 Å². The Balaban J connectivity index is 1.71. The molecule has 1 N–H and O–H groups in total. The highest BCUT2D eigenvalue weighted by atomic mass is 79.9. The number of anilines is 1. The Kier molecular flexibility index (Phi) is 7.91. The van der Waals surface area contributed by atoms with E-state index in [2.05, 4.69) is 26.1 Å². The fourth-order valence-electron chi connectivity index (χ4n) is 3.62. The fraction of sp³-hybridized carbons (Fsp3) is 0.391. The van der Waals surface area contributed by atoms with Gasteiger partial charge in [-0.15, -0.1) is 0 Å². The lowest BCUT2D eigenvalue weighted by atomic mass is 10.1. The Hall–Kier alpha value is -2.16. The van der Waals surface area contributed by atoms with E-state index >= 15 is 0 Å². The van der Waals surface area contributed by atoms with Crippen LogP contribution in [-0.2, 0) is 9.53 Å². The monoisotopic (exact) mass is 506 g/mol. The molecule has 2 aromatic rings. The molecule has 0 spiro atoms. The van der Waals surface area contributed by atoms with E-state index in [-0.39, 0.29) is 12.5 Å². The van der Waals surface area contributed by atoms with Crippen molar-refractivity contribution in [2.45, 2.75) is 20.8 Å². The standard InChI is InChI=1S/C23H27BrN2O4S/c1-14-9-15(2)21(16(3)10-14)25-20(27)13-30-22-18(24)11-17(12-19(22)28-4)23(31)26-5-7-29-8-6-26/h9-12H,5-8,13H2,1-4H3,(H,25,27). The van der Waals surface area contributed by atoms with Gasteiger partial charge in [0.05, 0.1) is 24.8 Å². The lowest BCUT2D eigenvalue weighted by Crippen LogP contribution is -2.40. The number of nitrogens with one attached hydrogen (secondary N) is 1. The number of methoxy groups -OCH3 is 1. The van der Waals surface area contributed by atoms with Gasteiger partial charge in [0.15, 0.2) is 18.1 Å². The fourth-order valence-corrected chi connectivity index (χ4v) is 4.48. The van der Waals surface area contributed by atoms with E-state index in [1.165, 1.54) is 0 Å². The van der Waals surface area contributed by atoms with Crippen LogP contribution in [0.2, 0.25) is 0 Å². The molecule has 1 amide bonds. The normalized spacial score (nSPS) is 13.6. The van der Waals surface area contributed by atoms with Gasteiger partial charge in [0.25, 0.3) is 5.91 Å². The first kappa shape index (κ1) is 23.5. The molecule has 1 aliphatic rings. The summed E-state index contributed by atoms with van der Waals surface area (Å²) in [5, 5.41) is 2.95. The van der Waals surface area contributed by atoms with Crippen LogP contribution in [-0.4, -0.2) is 55.8 Å². The van der Waals surface area contributed by atoms with Crippen LogP contribution in [0.25, 0.3) is 0 Å². The van der Waals surface area contributed by atoms with Crippen LogP contribution in [0.4, 0.5) is 5.69 Å². The lowest BCUT2D eigenvalue weighted by Gasteiger charge is -2.29. The van der Waals surface area contributed by atoms with Gasteiger partial charge in [0.2, 0.25) is 0 Å². The van der Waals surface area contributed by atoms with Crippen LogP contribution in [0.1, 0.15) is 22.3 Å². The van der Waals surface area contributed by atoms with Crippen molar-refractivity contribution in [3.63, 3.8) is 0 Å². The molecule has 1 saturated heterocycles. The lowest BCUT2D eigenvalue weighted by molar-refractivity contribution is -0.118. The summed E-state index contributed by atoms with van der Waals surface area (Å²) in [5.41, 5.74) is 4.86. The molecule has 3 rings (SSSR count). The van der Waals surface area contributed by atoms with Gasteiger partial charge in [0.1, 0.15) is 4.99 Å². The second kappa shape index (κ2) is 10.4. The zero-order valence-corrected chi connectivity index (χ0v) is 20.6. The predicted molar refractivity (Wildman–Crippen MR) is 130 cm³/mol. The molecule has 8 heteroatoms. The smallest absolute Gasteiger partial charge is 0.262 e. The number of nitrogens with zero attached hydrogens (tertiary/aromatic N) is 1. The van der Waals surface area contributed by atoms with Crippen LogP contribution >= 0.6 is 28.1 Å². The first-order valence-electron chi connectivity index (χ1n) is 10.0. The molecule has 0 unspecified atom stereocenters. The summed E-state index contributed by atoms with van der Waals surface area (Å²) >= 11 is 9.19. The van der Waals surface area contributed by atoms with Crippen LogP contribution < -0.4 is 14.8 Å². The van der Waals surface area contributed by atoms with Crippen LogP contribution in [0, 0.1) is 20.8 Å². The van der Waals surface area contributed by atoms with E-state index in [9.17, 15) is 4.79 Å². The van der Waals surface area contributed by atoms with Crippen molar-refractivity contribution >= 4 is 44.7 Å². The van der Waals surface area contributed by atoms with Crippen LogP contribution in [0.15, 0.2) is 28.7 Å². The summed E-state index contributed by atoms with van der Waals surface area (Å²) in [5.74, 6) is 0.732. The average molecular weight is 507 g/mol. The molecule has 0 bridgehead atoms. The maximum absolute atomic E-state index is 12.5. The minimum atomic E-state index is -0.239. The summed E-state index contributed by atoms with van der Waals surface area (Å²) < 4.78 is 17.4. The Morgan fingerprint density at radius 3 is 2.42 bits per heavy atom. The third-order valence-corrected chi connectivity index (χ3v) is 6.15. The molecule has 6 nitrogen and oxygen atoms in total. The number of aryl methyl sites for hydroxylation is 3. The summed E-state index contributed by atoms with van der Waals surface area (Å²) in [6.07, 6.45) is 0. The van der Waals surface area contributed by atoms with Crippen molar-refractivity contribution < 1.29 is 19.0 Å². The van der Waals surface area contributed by atoms with Gasteiger partial charge in [0, 0.05) is 24.3 Å². The maximum atomic E-state index is 12.5. The number of carbonyl (C=O) groups is 1. The highest BCUT2D eigenvalue weighted by Crippen LogP contribution is 2.37. The Morgan fingerprint density at radius 2 is 1.81 bits per heavy atom. The molecule has 0 aromatic heterocycles. The summed E-state index contributed by atoms with van der Waals surface area (Å²) in [6, 6.07) is 7.81. The molecule has 2 aromatic carbocycles. The van der Waals surface area contributed by atoms with E-state index < -0.39 is 0 Å². The van der Waals surface area contributed by atoms with Crippen molar-refractivity contribution in [3.05, 3.63) is 51.0 Å². The molecule has 166 valence electrons. The highest BCUT2D eigenvalue weighted by molar-refractivity contribution is 9.10. The van der Waals surface area contributed by atoms with Crippen molar-refractivity contribution in [1.82, 2.24) is 4.90 Å². The van der Waals surface area contributed by atoms with Gasteiger partial charge in [-0.1, -0.05) is 29.9 Å². The molecule has 0 aliphatic carbocycles. The Labute approximate surface area is 197 Å². The van der Waals surface area contributed by atoms with Gasteiger partial charge in [-0.25, -0.2) is 0 Å². The number of rotatable bonds is 6. The van der Waals surface area contributed by atoms with E-state index in [4.69, 9.17) is 26.4 Å². The maximum Gasteiger partial charge on any atom is 0.262 e. The summed E-state index contributed by atoms with van der Waals surface area (Å²) in [6.45, 7) is 8.69. The third kappa shape index (κ3) is 5.75. The van der Waals surface area contributed by atoms with Crippen LogP contribution in [0.3, 0.4) is 0 Å². The molecule has 0 saturated carbocycles. The van der Waals surface area contributed by atoms with Gasteiger partial charge < -0.3 is 24.4 Å². The third-order valence-electron chi connectivity index (χ3n) is 5.06. The number of ether oxygens (including phenoxy) is 3. The van der Waals surface area contributed by atoms with Gasteiger partial charge in [-0.05, 0) is 60.0 Å². The average Bonchev–Trinajstić information content (AvgIpc) is 2.74. The molecule has 0 atom stereocenters. The number of benzene rings is 2. The molecule has 1 aliphatic heterocycles. The van der Waals surface area contributed by atoms with Gasteiger partial charge >= 0.3 is 0 Å². The number of thiocarbonyl (C=S) groups is 1. The molecule has 1 heterocycles. The summed E-state index contributed by atoms with van der Waals surface area (Å²) in [7, 11) is 1.56. The van der Waals surface area contributed by atoms with Crippen molar-refractivity contribution in [1.29, 1.82) is 0 Å². The van der Waals surface area contributed by atoms with Gasteiger partial charge in [-0.3, -0.25) is 4.79 Å². The number of amides is 1. The first-order chi connectivity index (χ1) is 14.8. The van der Waals surface area contributed by atoms with Crippen molar-refractivity contribution in [3.8, 4) is 11.5 Å². The second-order valence-electron chi connectivity index (χ2n) is 7.50. The Bertz CT molecular complexity index is 967. The topological polar surface area (TPSA) is 60.0 Å². The number of hydrogen-bond acceptors (Lipinski definition) is 5. The molecule has 1 fully saturated rings. The predicted octanol–water partition coefficient (Wildman–Crippen LogP) is 4.41. The van der Waals surface area contributed by atoms with Crippen molar-refractivity contribution in [2.24, 2.45) is 0 Å². The van der Waals surface area contributed by atoms with E-state index in [1.54, 1.807) is 7.11 Å². The molecule has 31 heavy (non-hydrogen) atoms. The largest absolute Gasteiger partial charge is 0.493 e. The SMILES string of the molecule is COc1cc(C(=S)N2CCOCC2)cc(Br)c1OCC(=O)Nc1c(C)cc(C)cc1C. The Morgan fingerprint density at radius 1 is 1.16 bits per heavy atom. The van der Waals surface area contributed by atoms with E-state index in [1.807, 2.05) is 45.0 Å². The van der Waals surface area contributed by atoms with E-state index in [0.29, 0.717) is 29.2 Å². The molecular formula is C23H27BrN2O4S. The minimum absolute atomic E-state index is 0.144. The highest BCUT2D eigenvalue weighted by Gasteiger charge is 2.20. The quantitative estimate of drug-likeness (QED) is 0.585. The summed E-state index contributed by atoms with van der Waals surface area (Å²) in [4.78, 5) is 15.4. The molecular weight excluding hydrogens is 480 g/mol. The van der Waals surface area contributed by atoms with Gasteiger partial charge in [-0.2, -0.15) is 0 Å². The van der Waals surface area contributed by atoms with Crippen LogP contribution in [0.5, 0.6) is 11.5 Å². The second-order valence-corrected chi connectivity index (χ2v) is 8.75. The number of hydrogen-bond donors (Lipinski definition) is 1. The zero-order valence-electron chi connectivity index (χ0n) is 18.2. The number of halogens is 1. The number of carbonyl (C=O) groups excluding carboxylic acids is 1.